The van der Waals surface area contributed by atoms with E-state index >= 15 is 0 Å². The molecule has 0 aliphatic carbocycles. The smallest absolute Gasteiger partial charge is 0.140 e. The molecule has 0 fully saturated rings. The number of rotatable bonds is 21. The van der Waals surface area contributed by atoms with Crippen LogP contribution in [-0.4, -0.2) is 11.1 Å². The van der Waals surface area contributed by atoms with Crippen molar-refractivity contribution in [1.29, 1.82) is 5.26 Å². The molecule has 31 heavy (non-hydrogen) atoms. The normalized spacial score (nSPS) is 11.9. The highest BCUT2D eigenvalue weighted by Crippen LogP contribution is 2.17. The zero-order valence-corrected chi connectivity index (χ0v) is 20.5. The van der Waals surface area contributed by atoms with E-state index in [1.54, 1.807) is 12.3 Å². The lowest BCUT2D eigenvalue weighted by molar-refractivity contribution is 0.205. The van der Waals surface area contributed by atoms with Crippen LogP contribution >= 0.6 is 0 Å². The topological polar surface area (TPSA) is 45.9 Å². The molecule has 0 aliphatic heterocycles. The van der Waals surface area contributed by atoms with Gasteiger partial charge in [0.25, 0.3) is 0 Å². The summed E-state index contributed by atoms with van der Waals surface area (Å²) in [6.45, 7) is 4.41. The van der Waals surface area contributed by atoms with Gasteiger partial charge in [0.1, 0.15) is 17.5 Å². The minimum absolute atomic E-state index is 0.204. The van der Waals surface area contributed by atoms with Gasteiger partial charge in [0.2, 0.25) is 0 Å². The molecule has 3 heteroatoms. The summed E-state index contributed by atoms with van der Waals surface area (Å²) in [5.74, 6) is 0.758. The van der Waals surface area contributed by atoms with Gasteiger partial charge >= 0.3 is 0 Å². The summed E-state index contributed by atoms with van der Waals surface area (Å²) >= 11 is 0. The van der Waals surface area contributed by atoms with Crippen LogP contribution in [0.4, 0.5) is 0 Å². The Hall–Kier alpha value is -1.56. The minimum atomic E-state index is 0.204. The van der Waals surface area contributed by atoms with Crippen molar-refractivity contribution in [2.45, 2.75) is 142 Å². The molecule has 0 bridgehead atoms. The van der Waals surface area contributed by atoms with Crippen molar-refractivity contribution in [1.82, 2.24) is 4.98 Å². The lowest BCUT2D eigenvalue weighted by Gasteiger charge is -2.14. The van der Waals surface area contributed by atoms with Crippen LogP contribution in [0.5, 0.6) is 5.75 Å². The molecule has 176 valence electrons. The Morgan fingerprint density at radius 1 is 0.742 bits per heavy atom. The molecule has 1 atom stereocenters. The third kappa shape index (κ3) is 16.8. The summed E-state index contributed by atoms with van der Waals surface area (Å²) in [7, 11) is 0. The van der Waals surface area contributed by atoms with Crippen molar-refractivity contribution >= 4 is 0 Å². The summed E-state index contributed by atoms with van der Waals surface area (Å²) in [6.07, 6.45) is 28.3. The van der Waals surface area contributed by atoms with Crippen LogP contribution in [0, 0.1) is 11.3 Å². The zero-order chi connectivity index (χ0) is 22.4. The standard InChI is InChI=1S/C28H48N2O/c1-3-4-5-6-7-8-9-10-11-12-13-14-15-16-17-18-19-20-21-26(2)31-28-23-22-27(24-29)30-25-28/h22-23,25-26H,3-21H2,1-2H3/t26-/m1/s1. The van der Waals surface area contributed by atoms with E-state index < -0.39 is 0 Å². The first-order valence-electron chi connectivity index (χ1n) is 13.3. The van der Waals surface area contributed by atoms with Crippen molar-refractivity contribution in [3.63, 3.8) is 0 Å². The highest BCUT2D eigenvalue weighted by molar-refractivity contribution is 5.26. The average Bonchev–Trinajstić information content (AvgIpc) is 2.78. The quantitative estimate of drug-likeness (QED) is 0.183. The molecule has 0 N–H and O–H groups in total. The van der Waals surface area contributed by atoms with Crippen molar-refractivity contribution in [2.24, 2.45) is 0 Å². The lowest BCUT2D eigenvalue weighted by Crippen LogP contribution is -2.11. The van der Waals surface area contributed by atoms with E-state index in [0.717, 1.165) is 12.2 Å². The Kier molecular flexibility index (Phi) is 18.0. The van der Waals surface area contributed by atoms with E-state index in [1.807, 2.05) is 12.1 Å². The van der Waals surface area contributed by atoms with Gasteiger partial charge in [-0.25, -0.2) is 4.98 Å². The zero-order valence-electron chi connectivity index (χ0n) is 20.5. The Morgan fingerprint density at radius 2 is 1.19 bits per heavy atom. The third-order valence-electron chi connectivity index (χ3n) is 6.15. The van der Waals surface area contributed by atoms with Gasteiger partial charge in [0.05, 0.1) is 12.3 Å². The van der Waals surface area contributed by atoms with E-state index in [-0.39, 0.29) is 6.10 Å². The number of unbranched alkanes of at least 4 members (excludes halogenated alkanes) is 17. The SMILES string of the molecule is CCCCCCCCCCCCCCCCCCCC[C@@H](C)Oc1ccc(C#N)nc1. The maximum Gasteiger partial charge on any atom is 0.140 e. The Labute approximate surface area is 193 Å². The van der Waals surface area contributed by atoms with Crippen LogP contribution in [0.1, 0.15) is 142 Å². The third-order valence-corrected chi connectivity index (χ3v) is 6.15. The molecule has 1 aromatic rings. The highest BCUT2D eigenvalue weighted by Gasteiger charge is 2.04. The van der Waals surface area contributed by atoms with Gasteiger partial charge in [-0.2, -0.15) is 5.26 Å². The molecule has 3 nitrogen and oxygen atoms in total. The van der Waals surface area contributed by atoms with Crippen LogP contribution in [-0.2, 0) is 0 Å². The van der Waals surface area contributed by atoms with Crippen molar-refractivity contribution in [2.75, 3.05) is 0 Å². The molecule has 0 amide bonds. The van der Waals surface area contributed by atoms with Gasteiger partial charge in [-0.1, -0.05) is 116 Å². The van der Waals surface area contributed by atoms with E-state index in [1.165, 1.54) is 116 Å². The molecule has 0 radical (unpaired) electrons. The van der Waals surface area contributed by atoms with E-state index in [0.29, 0.717) is 5.69 Å². The largest absolute Gasteiger partial charge is 0.489 e. The average molecular weight is 429 g/mol. The summed E-state index contributed by atoms with van der Waals surface area (Å²) in [4.78, 5) is 4.05. The first-order valence-corrected chi connectivity index (χ1v) is 13.3. The Morgan fingerprint density at radius 3 is 1.58 bits per heavy atom. The molecule has 0 aliphatic rings. The summed E-state index contributed by atoms with van der Waals surface area (Å²) in [6, 6.07) is 5.57. The molecule has 0 aromatic carbocycles. The fourth-order valence-corrected chi connectivity index (χ4v) is 4.14. The molecule has 1 aromatic heterocycles. The fourth-order valence-electron chi connectivity index (χ4n) is 4.14. The Bertz CT molecular complexity index is 549. The minimum Gasteiger partial charge on any atom is -0.489 e. The van der Waals surface area contributed by atoms with Gasteiger partial charge in [-0.3, -0.25) is 0 Å². The second-order valence-electron chi connectivity index (χ2n) is 9.22. The van der Waals surface area contributed by atoms with Crippen molar-refractivity contribution < 1.29 is 4.74 Å². The number of hydrogen-bond acceptors (Lipinski definition) is 3. The van der Waals surface area contributed by atoms with Gasteiger partial charge in [-0.15, -0.1) is 0 Å². The number of nitrogens with zero attached hydrogens (tertiary/aromatic N) is 2. The van der Waals surface area contributed by atoms with Crippen LogP contribution < -0.4 is 4.74 Å². The van der Waals surface area contributed by atoms with E-state index in [2.05, 4.69) is 18.8 Å². The fraction of sp³-hybridized carbons (Fsp3) is 0.786. The molecule has 1 rings (SSSR count). The predicted octanol–water partition coefficient (Wildman–Crippen LogP) is 9.15. The van der Waals surface area contributed by atoms with Crippen LogP contribution in [0.15, 0.2) is 18.3 Å². The predicted molar refractivity (Wildman–Crippen MR) is 132 cm³/mol. The first-order chi connectivity index (χ1) is 15.3. The Balaban J connectivity index is 1.79. The van der Waals surface area contributed by atoms with Crippen molar-refractivity contribution in [3.05, 3.63) is 24.0 Å². The molecule has 0 unspecified atom stereocenters. The second kappa shape index (κ2) is 20.3. The van der Waals surface area contributed by atoms with E-state index in [4.69, 9.17) is 10.00 Å². The summed E-state index contributed by atoms with van der Waals surface area (Å²) < 4.78 is 5.88. The highest BCUT2D eigenvalue weighted by atomic mass is 16.5. The molecule has 0 spiro atoms. The monoisotopic (exact) mass is 428 g/mol. The first kappa shape index (κ1) is 27.5. The lowest BCUT2D eigenvalue weighted by atomic mass is 10.0. The van der Waals surface area contributed by atoms with Crippen molar-refractivity contribution in [3.8, 4) is 11.8 Å². The second-order valence-corrected chi connectivity index (χ2v) is 9.22. The summed E-state index contributed by atoms with van der Waals surface area (Å²) in [5.41, 5.74) is 0.434. The molecular formula is C28H48N2O. The van der Waals surface area contributed by atoms with Crippen LogP contribution in [0.25, 0.3) is 0 Å². The number of pyridine rings is 1. The number of nitriles is 1. The number of aromatic nitrogens is 1. The van der Waals surface area contributed by atoms with Crippen LogP contribution in [0.2, 0.25) is 0 Å². The maximum absolute atomic E-state index is 8.78. The maximum atomic E-state index is 8.78. The van der Waals surface area contributed by atoms with E-state index in [9.17, 15) is 0 Å². The van der Waals surface area contributed by atoms with Gasteiger partial charge in [0, 0.05) is 0 Å². The molecule has 1 heterocycles. The van der Waals surface area contributed by atoms with Crippen LogP contribution in [0.3, 0.4) is 0 Å². The molecular weight excluding hydrogens is 380 g/mol. The molecule has 0 saturated heterocycles. The van der Waals surface area contributed by atoms with Gasteiger partial charge < -0.3 is 4.74 Å². The number of ether oxygens (including phenoxy) is 1. The number of hydrogen-bond donors (Lipinski definition) is 0. The molecule has 0 saturated carbocycles. The van der Waals surface area contributed by atoms with Gasteiger partial charge in [-0.05, 0) is 31.9 Å². The van der Waals surface area contributed by atoms with Gasteiger partial charge in [0.15, 0.2) is 0 Å². The summed E-state index contributed by atoms with van der Waals surface area (Å²) in [5, 5.41) is 8.78.